The Morgan fingerprint density at radius 3 is 2.35 bits per heavy atom. The zero-order valence-corrected chi connectivity index (χ0v) is 15.2. The topological polar surface area (TPSA) is 49.7 Å². The summed E-state index contributed by atoms with van der Waals surface area (Å²) in [6.07, 6.45) is 0.0525. The van der Waals surface area contributed by atoms with Crippen molar-refractivity contribution in [1.82, 2.24) is 0 Å². The molecule has 4 nitrogen and oxygen atoms in total. The monoisotopic (exact) mass is 372 g/mol. The van der Waals surface area contributed by atoms with E-state index in [1.807, 2.05) is 13.8 Å². The molecule has 0 bridgehead atoms. The lowest BCUT2D eigenvalue weighted by atomic mass is 9.88. The summed E-state index contributed by atoms with van der Waals surface area (Å²) >= 11 is 5.89. The van der Waals surface area contributed by atoms with Crippen LogP contribution in [0.5, 0.6) is 0 Å². The van der Waals surface area contributed by atoms with Gasteiger partial charge in [0.2, 0.25) is 0 Å². The van der Waals surface area contributed by atoms with Crippen molar-refractivity contribution in [1.29, 1.82) is 0 Å². The smallest absolute Gasteiger partial charge is 0.263 e. The van der Waals surface area contributed by atoms with Gasteiger partial charge < -0.3 is 0 Å². The SMILES string of the molecule is CC(C)C1=NN(c2ccc(Cl)cc2)C(=O)[C@H]1C(=O)Cc1ccc(F)cc1. The number of amides is 1. The van der Waals surface area contributed by atoms with E-state index < -0.39 is 5.92 Å². The largest absolute Gasteiger partial charge is 0.298 e. The highest BCUT2D eigenvalue weighted by atomic mass is 35.5. The van der Waals surface area contributed by atoms with Crippen molar-refractivity contribution in [2.45, 2.75) is 20.3 Å². The molecule has 3 rings (SSSR count). The lowest BCUT2D eigenvalue weighted by Crippen LogP contribution is -2.35. The van der Waals surface area contributed by atoms with E-state index in [4.69, 9.17) is 11.6 Å². The zero-order valence-electron chi connectivity index (χ0n) is 14.4. The third-order valence-corrected chi connectivity index (χ3v) is 4.50. The summed E-state index contributed by atoms with van der Waals surface area (Å²) < 4.78 is 13.0. The Kier molecular flexibility index (Phi) is 5.18. The third kappa shape index (κ3) is 3.68. The number of benzene rings is 2. The maximum atomic E-state index is 13.0. The van der Waals surface area contributed by atoms with Gasteiger partial charge in [-0.2, -0.15) is 10.1 Å². The van der Waals surface area contributed by atoms with E-state index in [9.17, 15) is 14.0 Å². The molecule has 134 valence electrons. The van der Waals surface area contributed by atoms with Gasteiger partial charge in [-0.05, 0) is 47.9 Å². The van der Waals surface area contributed by atoms with Gasteiger partial charge in [0.25, 0.3) is 5.91 Å². The Morgan fingerprint density at radius 1 is 1.15 bits per heavy atom. The molecular formula is C20H18ClFN2O2. The molecule has 1 heterocycles. The van der Waals surface area contributed by atoms with Crippen molar-refractivity contribution < 1.29 is 14.0 Å². The van der Waals surface area contributed by atoms with E-state index in [-0.39, 0.29) is 29.8 Å². The Hall–Kier alpha value is -2.53. The van der Waals surface area contributed by atoms with Gasteiger partial charge in [-0.1, -0.05) is 37.6 Å². The van der Waals surface area contributed by atoms with Crippen molar-refractivity contribution in [3.05, 3.63) is 64.9 Å². The minimum atomic E-state index is -0.921. The molecule has 1 atom stereocenters. The summed E-state index contributed by atoms with van der Waals surface area (Å²) in [6, 6.07) is 12.4. The van der Waals surface area contributed by atoms with E-state index in [1.165, 1.54) is 17.1 Å². The molecule has 0 aromatic heterocycles. The van der Waals surface area contributed by atoms with Gasteiger partial charge in [-0.3, -0.25) is 9.59 Å². The molecule has 0 radical (unpaired) electrons. The van der Waals surface area contributed by atoms with Gasteiger partial charge in [0.1, 0.15) is 11.7 Å². The van der Waals surface area contributed by atoms with Crippen LogP contribution in [-0.4, -0.2) is 17.4 Å². The molecule has 1 aliphatic heterocycles. The molecule has 1 aliphatic rings. The van der Waals surface area contributed by atoms with Crippen molar-refractivity contribution in [3.63, 3.8) is 0 Å². The molecule has 6 heteroatoms. The average Bonchev–Trinajstić information content (AvgIpc) is 2.95. The maximum absolute atomic E-state index is 13.0. The van der Waals surface area contributed by atoms with Crippen molar-refractivity contribution in [2.75, 3.05) is 5.01 Å². The fraction of sp³-hybridized carbons (Fsp3) is 0.250. The first-order valence-corrected chi connectivity index (χ1v) is 8.69. The predicted molar refractivity (Wildman–Crippen MR) is 99.8 cm³/mol. The lowest BCUT2D eigenvalue weighted by Gasteiger charge is -2.14. The van der Waals surface area contributed by atoms with Crippen LogP contribution in [0.15, 0.2) is 53.6 Å². The van der Waals surface area contributed by atoms with E-state index >= 15 is 0 Å². The second kappa shape index (κ2) is 7.38. The second-order valence-electron chi connectivity index (χ2n) is 6.51. The number of halogens is 2. The minimum Gasteiger partial charge on any atom is -0.298 e. The number of ketones is 1. The fourth-order valence-corrected chi connectivity index (χ4v) is 3.02. The molecule has 0 N–H and O–H groups in total. The number of hydrogen-bond acceptors (Lipinski definition) is 3. The van der Waals surface area contributed by atoms with Crippen LogP contribution >= 0.6 is 11.6 Å². The summed E-state index contributed by atoms with van der Waals surface area (Å²) in [6.45, 7) is 3.80. The molecule has 0 fully saturated rings. The van der Waals surface area contributed by atoms with Gasteiger partial charge in [-0.25, -0.2) is 4.39 Å². The van der Waals surface area contributed by atoms with Crippen LogP contribution < -0.4 is 5.01 Å². The third-order valence-electron chi connectivity index (χ3n) is 4.24. The Balaban J connectivity index is 1.87. The maximum Gasteiger partial charge on any atom is 0.263 e. The van der Waals surface area contributed by atoms with Gasteiger partial charge in [0.15, 0.2) is 5.78 Å². The molecule has 0 saturated carbocycles. The molecular weight excluding hydrogens is 355 g/mol. The number of anilines is 1. The highest BCUT2D eigenvalue weighted by Crippen LogP contribution is 2.29. The van der Waals surface area contributed by atoms with Gasteiger partial charge in [0, 0.05) is 11.4 Å². The number of hydrogen-bond donors (Lipinski definition) is 0. The summed E-state index contributed by atoms with van der Waals surface area (Å²) in [4.78, 5) is 25.7. The summed E-state index contributed by atoms with van der Waals surface area (Å²) in [7, 11) is 0. The van der Waals surface area contributed by atoms with E-state index in [0.29, 0.717) is 22.0 Å². The van der Waals surface area contributed by atoms with E-state index in [0.717, 1.165) is 0 Å². The first-order valence-electron chi connectivity index (χ1n) is 8.32. The molecule has 0 aliphatic carbocycles. The van der Waals surface area contributed by atoms with Crippen LogP contribution in [0.1, 0.15) is 19.4 Å². The van der Waals surface area contributed by atoms with Crippen LogP contribution in [-0.2, 0) is 16.0 Å². The summed E-state index contributed by atoms with van der Waals surface area (Å²) in [5.74, 6) is -1.96. The van der Waals surface area contributed by atoms with Crippen LogP contribution in [0.2, 0.25) is 5.02 Å². The Labute approximate surface area is 156 Å². The molecule has 26 heavy (non-hydrogen) atoms. The van der Waals surface area contributed by atoms with Gasteiger partial charge >= 0.3 is 0 Å². The van der Waals surface area contributed by atoms with E-state index in [1.54, 1.807) is 36.4 Å². The highest BCUT2D eigenvalue weighted by molar-refractivity contribution is 6.31. The zero-order chi connectivity index (χ0) is 18.8. The van der Waals surface area contributed by atoms with Gasteiger partial charge in [0.05, 0.1) is 11.4 Å². The molecule has 2 aromatic rings. The molecule has 1 amide bonds. The van der Waals surface area contributed by atoms with Crippen LogP contribution in [0.4, 0.5) is 10.1 Å². The first-order chi connectivity index (χ1) is 12.4. The van der Waals surface area contributed by atoms with E-state index in [2.05, 4.69) is 5.10 Å². The van der Waals surface area contributed by atoms with Gasteiger partial charge in [-0.15, -0.1) is 0 Å². The summed E-state index contributed by atoms with van der Waals surface area (Å²) in [5.41, 5.74) is 1.77. The number of carbonyl (C=O) groups excluding carboxylic acids is 2. The first kappa shape index (κ1) is 18.3. The Morgan fingerprint density at radius 2 is 1.77 bits per heavy atom. The molecule has 0 spiro atoms. The normalized spacial score (nSPS) is 17.0. The molecule has 0 unspecified atom stereocenters. The van der Waals surface area contributed by atoms with Crippen molar-refractivity contribution in [3.8, 4) is 0 Å². The molecule has 2 aromatic carbocycles. The Bertz CT molecular complexity index is 860. The van der Waals surface area contributed by atoms with Crippen molar-refractivity contribution in [2.24, 2.45) is 16.9 Å². The van der Waals surface area contributed by atoms with Crippen molar-refractivity contribution >= 4 is 34.7 Å². The summed E-state index contributed by atoms with van der Waals surface area (Å²) in [5, 5.41) is 6.22. The minimum absolute atomic E-state index is 0.0525. The highest BCUT2D eigenvalue weighted by Gasteiger charge is 2.42. The second-order valence-corrected chi connectivity index (χ2v) is 6.95. The van der Waals surface area contributed by atoms with Crippen LogP contribution in [0, 0.1) is 17.7 Å². The lowest BCUT2D eigenvalue weighted by molar-refractivity contribution is -0.128. The number of rotatable bonds is 5. The number of hydrazone groups is 1. The standard InChI is InChI=1S/C20H18ClFN2O2/c1-12(2)19-18(17(25)11-13-3-7-15(22)8-4-13)20(26)24(23-19)16-9-5-14(21)6-10-16/h3-10,12,18H,11H2,1-2H3/t18-/m0/s1. The average molecular weight is 373 g/mol. The molecule has 0 saturated heterocycles. The quantitative estimate of drug-likeness (QED) is 0.736. The van der Waals surface area contributed by atoms with Crippen LogP contribution in [0.25, 0.3) is 0 Å². The number of carbonyl (C=O) groups is 2. The van der Waals surface area contributed by atoms with Crippen LogP contribution in [0.3, 0.4) is 0 Å². The predicted octanol–water partition coefficient (Wildman–Crippen LogP) is 4.27. The number of nitrogens with zero attached hydrogens (tertiary/aromatic N) is 2. The fourth-order valence-electron chi connectivity index (χ4n) is 2.90. The number of Topliss-reactive ketones (excluding diaryl/α,β-unsaturated/α-hetero) is 1.